The predicted molar refractivity (Wildman–Crippen MR) is 138 cm³/mol. The number of aromatic nitrogens is 2. The molecular formula is C25H27N5OS2. The first kappa shape index (κ1) is 22.2. The van der Waals surface area contributed by atoms with Gasteiger partial charge in [-0.1, -0.05) is 32.0 Å². The van der Waals surface area contributed by atoms with E-state index in [1.807, 2.05) is 12.3 Å². The molecule has 3 aromatic heterocycles. The Kier molecular flexibility index (Phi) is 6.50. The number of rotatable bonds is 7. The van der Waals surface area contributed by atoms with Gasteiger partial charge in [0.15, 0.2) is 0 Å². The summed E-state index contributed by atoms with van der Waals surface area (Å²) in [5.74, 6) is 0.0353. The lowest BCUT2D eigenvalue weighted by atomic mass is 10.0. The SMILES string of the molecule is CC(C)NCCC(=O)Nc1sc2c(c1-c1nc3c(-c4cccnc4)cccc3s1)CCNC2. The highest BCUT2D eigenvalue weighted by Gasteiger charge is 2.25. The second-order valence-electron chi connectivity index (χ2n) is 8.45. The lowest BCUT2D eigenvalue weighted by Gasteiger charge is -2.13. The molecule has 3 N–H and O–H groups in total. The lowest BCUT2D eigenvalue weighted by molar-refractivity contribution is -0.116. The Hall–Kier alpha value is -2.65. The summed E-state index contributed by atoms with van der Waals surface area (Å²) in [6, 6.07) is 10.7. The van der Waals surface area contributed by atoms with E-state index in [0.29, 0.717) is 19.0 Å². The molecule has 8 heteroatoms. The number of amides is 1. The standard InChI is InChI=1S/C25H27N5OS2/c1-15(2)28-12-9-21(31)29-24-22(18-8-11-27-14-20(18)33-24)25-30-23-17(6-3-7-19(23)32-25)16-5-4-10-26-13-16/h3-7,10,13,15,27-28H,8-9,11-12,14H2,1-2H3,(H,29,31). The van der Waals surface area contributed by atoms with Gasteiger partial charge in [0.1, 0.15) is 10.0 Å². The van der Waals surface area contributed by atoms with Gasteiger partial charge in [0, 0.05) is 59.5 Å². The number of anilines is 1. The van der Waals surface area contributed by atoms with Crippen molar-refractivity contribution in [2.45, 2.75) is 39.3 Å². The topological polar surface area (TPSA) is 78.9 Å². The fourth-order valence-corrected chi connectivity index (χ4v) is 6.49. The van der Waals surface area contributed by atoms with Crippen molar-refractivity contribution in [2.24, 2.45) is 0 Å². The first-order valence-corrected chi connectivity index (χ1v) is 12.9. The van der Waals surface area contributed by atoms with Crippen LogP contribution >= 0.6 is 22.7 Å². The van der Waals surface area contributed by atoms with E-state index in [9.17, 15) is 4.79 Å². The second-order valence-corrected chi connectivity index (χ2v) is 10.6. The molecule has 0 saturated carbocycles. The zero-order chi connectivity index (χ0) is 22.8. The largest absolute Gasteiger partial charge is 0.317 e. The van der Waals surface area contributed by atoms with Gasteiger partial charge in [-0.2, -0.15) is 0 Å². The molecule has 5 rings (SSSR count). The number of pyridine rings is 1. The second kappa shape index (κ2) is 9.69. The summed E-state index contributed by atoms with van der Waals surface area (Å²) in [6.45, 7) is 6.62. The van der Waals surface area contributed by atoms with Crippen LogP contribution in [0.5, 0.6) is 0 Å². The minimum atomic E-state index is 0.0353. The molecule has 0 unspecified atom stereocenters. The number of benzene rings is 1. The van der Waals surface area contributed by atoms with E-state index >= 15 is 0 Å². The molecule has 1 aliphatic heterocycles. The Morgan fingerprint density at radius 3 is 2.94 bits per heavy atom. The van der Waals surface area contributed by atoms with E-state index < -0.39 is 0 Å². The Morgan fingerprint density at radius 2 is 2.12 bits per heavy atom. The number of thiophene rings is 1. The number of nitrogens with one attached hydrogen (secondary N) is 3. The van der Waals surface area contributed by atoms with Crippen molar-refractivity contribution in [3.8, 4) is 21.7 Å². The zero-order valence-electron chi connectivity index (χ0n) is 18.8. The summed E-state index contributed by atoms with van der Waals surface area (Å²) in [5.41, 5.74) is 5.54. The molecule has 4 heterocycles. The molecule has 0 bridgehead atoms. The van der Waals surface area contributed by atoms with Gasteiger partial charge in [-0.15, -0.1) is 22.7 Å². The van der Waals surface area contributed by atoms with Crippen LogP contribution in [-0.2, 0) is 17.8 Å². The van der Waals surface area contributed by atoms with E-state index in [0.717, 1.165) is 56.4 Å². The Morgan fingerprint density at radius 1 is 1.21 bits per heavy atom. The van der Waals surface area contributed by atoms with Crippen LogP contribution in [0.4, 0.5) is 5.00 Å². The Bertz CT molecular complexity index is 1280. The van der Waals surface area contributed by atoms with E-state index in [4.69, 9.17) is 4.98 Å². The Labute approximate surface area is 201 Å². The van der Waals surface area contributed by atoms with Gasteiger partial charge in [0.25, 0.3) is 0 Å². The van der Waals surface area contributed by atoms with Crippen molar-refractivity contribution in [2.75, 3.05) is 18.4 Å². The number of carbonyl (C=O) groups excluding carboxylic acids is 1. The van der Waals surface area contributed by atoms with Crippen molar-refractivity contribution in [1.29, 1.82) is 0 Å². The molecule has 0 fully saturated rings. The van der Waals surface area contributed by atoms with Gasteiger partial charge in [-0.3, -0.25) is 9.78 Å². The first-order valence-electron chi connectivity index (χ1n) is 11.3. The quantitative estimate of drug-likeness (QED) is 0.347. The summed E-state index contributed by atoms with van der Waals surface area (Å²) < 4.78 is 1.14. The van der Waals surface area contributed by atoms with Crippen LogP contribution in [0.3, 0.4) is 0 Å². The van der Waals surface area contributed by atoms with Crippen molar-refractivity contribution in [3.63, 3.8) is 0 Å². The van der Waals surface area contributed by atoms with Crippen LogP contribution in [0, 0.1) is 0 Å². The molecule has 0 saturated heterocycles. The summed E-state index contributed by atoms with van der Waals surface area (Å²) in [7, 11) is 0. The minimum absolute atomic E-state index is 0.0353. The number of nitrogens with zero attached hydrogens (tertiary/aromatic N) is 2. The predicted octanol–water partition coefficient (Wildman–Crippen LogP) is 5.06. The van der Waals surface area contributed by atoms with Crippen molar-refractivity contribution < 1.29 is 4.79 Å². The molecule has 33 heavy (non-hydrogen) atoms. The summed E-state index contributed by atoms with van der Waals surface area (Å²) in [6.07, 6.45) is 5.05. The smallest absolute Gasteiger partial charge is 0.226 e. The van der Waals surface area contributed by atoms with E-state index in [1.54, 1.807) is 28.9 Å². The number of fused-ring (bicyclic) bond motifs is 2. The average Bonchev–Trinajstić information content (AvgIpc) is 3.39. The maximum atomic E-state index is 12.7. The summed E-state index contributed by atoms with van der Waals surface area (Å²) in [4.78, 5) is 23.4. The fourth-order valence-electron chi connectivity index (χ4n) is 4.12. The summed E-state index contributed by atoms with van der Waals surface area (Å²) >= 11 is 3.37. The van der Waals surface area contributed by atoms with E-state index in [2.05, 4.69) is 59.0 Å². The van der Waals surface area contributed by atoms with Gasteiger partial charge in [-0.05, 0) is 30.7 Å². The zero-order valence-corrected chi connectivity index (χ0v) is 20.4. The van der Waals surface area contributed by atoms with Gasteiger partial charge in [-0.25, -0.2) is 4.98 Å². The molecule has 4 aromatic rings. The van der Waals surface area contributed by atoms with Gasteiger partial charge in [0.2, 0.25) is 5.91 Å². The molecular weight excluding hydrogens is 450 g/mol. The molecule has 0 radical (unpaired) electrons. The minimum Gasteiger partial charge on any atom is -0.317 e. The summed E-state index contributed by atoms with van der Waals surface area (Å²) in [5, 5.41) is 11.9. The number of carbonyl (C=O) groups is 1. The van der Waals surface area contributed by atoms with Gasteiger partial charge in [0.05, 0.1) is 10.2 Å². The molecule has 0 spiro atoms. The van der Waals surface area contributed by atoms with Crippen LogP contribution in [0.2, 0.25) is 0 Å². The van der Waals surface area contributed by atoms with Crippen molar-refractivity contribution >= 4 is 43.8 Å². The Balaban J connectivity index is 1.53. The number of hydrogen-bond donors (Lipinski definition) is 3. The molecule has 1 amide bonds. The van der Waals surface area contributed by atoms with Crippen LogP contribution in [0.25, 0.3) is 31.9 Å². The highest BCUT2D eigenvalue weighted by Crippen LogP contribution is 2.45. The monoisotopic (exact) mass is 477 g/mol. The molecule has 0 aliphatic carbocycles. The first-order chi connectivity index (χ1) is 16.1. The number of para-hydroxylation sites is 1. The van der Waals surface area contributed by atoms with Gasteiger partial charge < -0.3 is 16.0 Å². The van der Waals surface area contributed by atoms with Crippen molar-refractivity contribution in [3.05, 3.63) is 53.2 Å². The maximum Gasteiger partial charge on any atom is 0.226 e. The van der Waals surface area contributed by atoms with Crippen molar-refractivity contribution in [1.82, 2.24) is 20.6 Å². The molecule has 1 aromatic carbocycles. The van der Waals surface area contributed by atoms with Gasteiger partial charge >= 0.3 is 0 Å². The molecule has 6 nitrogen and oxygen atoms in total. The normalized spacial score (nSPS) is 13.4. The number of thiazole rings is 1. The van der Waals surface area contributed by atoms with E-state index in [-0.39, 0.29) is 5.91 Å². The van der Waals surface area contributed by atoms with Crippen LogP contribution in [-0.4, -0.2) is 35.0 Å². The highest BCUT2D eigenvalue weighted by molar-refractivity contribution is 7.23. The van der Waals surface area contributed by atoms with E-state index in [1.165, 1.54) is 10.4 Å². The molecule has 0 atom stereocenters. The van der Waals surface area contributed by atoms with Crippen LogP contribution in [0.1, 0.15) is 30.7 Å². The fraction of sp³-hybridized carbons (Fsp3) is 0.320. The number of hydrogen-bond acceptors (Lipinski definition) is 7. The third kappa shape index (κ3) is 4.70. The molecule has 1 aliphatic rings. The lowest BCUT2D eigenvalue weighted by Crippen LogP contribution is -2.27. The molecule has 170 valence electrons. The van der Waals surface area contributed by atoms with Crippen LogP contribution < -0.4 is 16.0 Å². The highest BCUT2D eigenvalue weighted by atomic mass is 32.1. The third-order valence-electron chi connectivity index (χ3n) is 5.69. The third-order valence-corrected chi connectivity index (χ3v) is 7.88. The maximum absolute atomic E-state index is 12.7. The van der Waals surface area contributed by atoms with Crippen LogP contribution in [0.15, 0.2) is 42.7 Å². The average molecular weight is 478 g/mol.